The van der Waals surface area contributed by atoms with Crippen molar-refractivity contribution >= 4 is 57.4 Å². The van der Waals surface area contributed by atoms with Crippen LogP contribution in [0.2, 0.25) is 5.02 Å². The zero-order valence-electron chi connectivity index (χ0n) is 16.2. The SMILES string of the molecule is CCOc1cc(/C=C2\C(=O)Nc3ccccc32)cc(I)c1OCc1cccc(Cl)c1. The van der Waals surface area contributed by atoms with Crippen LogP contribution in [-0.2, 0) is 11.4 Å². The summed E-state index contributed by atoms with van der Waals surface area (Å²) in [6.07, 6.45) is 1.88. The number of halogens is 2. The lowest BCUT2D eigenvalue weighted by Gasteiger charge is -2.15. The summed E-state index contributed by atoms with van der Waals surface area (Å²) in [7, 11) is 0. The molecule has 0 aliphatic carbocycles. The molecule has 1 aliphatic heterocycles. The lowest BCUT2D eigenvalue weighted by Crippen LogP contribution is -2.04. The average Bonchev–Trinajstić information content (AvgIpc) is 3.03. The zero-order valence-corrected chi connectivity index (χ0v) is 19.2. The van der Waals surface area contributed by atoms with Crippen LogP contribution in [0.3, 0.4) is 0 Å². The molecule has 30 heavy (non-hydrogen) atoms. The van der Waals surface area contributed by atoms with Gasteiger partial charge in [0.1, 0.15) is 6.61 Å². The molecule has 0 bridgehead atoms. The summed E-state index contributed by atoms with van der Waals surface area (Å²) in [5.41, 5.74) is 4.22. The highest BCUT2D eigenvalue weighted by Gasteiger charge is 2.23. The molecule has 0 spiro atoms. The topological polar surface area (TPSA) is 47.6 Å². The molecule has 0 radical (unpaired) electrons. The van der Waals surface area contributed by atoms with E-state index in [4.69, 9.17) is 21.1 Å². The van der Waals surface area contributed by atoms with E-state index in [-0.39, 0.29) is 5.91 Å². The first-order valence-electron chi connectivity index (χ1n) is 9.51. The van der Waals surface area contributed by atoms with Crippen LogP contribution in [0.25, 0.3) is 11.6 Å². The van der Waals surface area contributed by atoms with Gasteiger partial charge in [0, 0.05) is 21.8 Å². The predicted molar refractivity (Wildman–Crippen MR) is 129 cm³/mol. The Kier molecular flexibility index (Phi) is 6.29. The number of amides is 1. The van der Waals surface area contributed by atoms with E-state index in [1.165, 1.54) is 0 Å². The van der Waals surface area contributed by atoms with Crippen LogP contribution >= 0.6 is 34.2 Å². The second-order valence-electron chi connectivity index (χ2n) is 6.74. The lowest BCUT2D eigenvalue weighted by atomic mass is 10.0. The van der Waals surface area contributed by atoms with Crippen molar-refractivity contribution in [2.45, 2.75) is 13.5 Å². The molecule has 0 saturated heterocycles. The Labute approximate surface area is 194 Å². The van der Waals surface area contributed by atoms with Crippen LogP contribution in [0.1, 0.15) is 23.6 Å². The molecule has 1 amide bonds. The minimum absolute atomic E-state index is 0.106. The van der Waals surface area contributed by atoms with Gasteiger partial charge in [0.25, 0.3) is 5.91 Å². The van der Waals surface area contributed by atoms with E-state index in [0.29, 0.717) is 35.3 Å². The number of carbonyl (C=O) groups is 1. The fourth-order valence-electron chi connectivity index (χ4n) is 3.31. The molecule has 0 aromatic heterocycles. The summed E-state index contributed by atoms with van der Waals surface area (Å²) in [6, 6.07) is 19.1. The van der Waals surface area contributed by atoms with Crippen molar-refractivity contribution in [2.24, 2.45) is 0 Å². The number of nitrogens with one attached hydrogen (secondary N) is 1. The lowest BCUT2D eigenvalue weighted by molar-refractivity contribution is -0.110. The van der Waals surface area contributed by atoms with Gasteiger partial charge >= 0.3 is 0 Å². The number of fused-ring (bicyclic) bond motifs is 1. The van der Waals surface area contributed by atoms with Crippen molar-refractivity contribution in [1.29, 1.82) is 0 Å². The number of hydrogen-bond donors (Lipinski definition) is 1. The third kappa shape index (κ3) is 4.47. The second kappa shape index (κ2) is 9.10. The van der Waals surface area contributed by atoms with Crippen molar-refractivity contribution < 1.29 is 14.3 Å². The van der Waals surface area contributed by atoms with E-state index in [1.54, 1.807) is 0 Å². The summed E-state index contributed by atoms with van der Waals surface area (Å²) < 4.78 is 12.8. The quantitative estimate of drug-likeness (QED) is 0.295. The molecule has 6 heteroatoms. The van der Waals surface area contributed by atoms with Crippen LogP contribution in [0.15, 0.2) is 60.7 Å². The largest absolute Gasteiger partial charge is 0.490 e. The monoisotopic (exact) mass is 531 g/mol. The summed E-state index contributed by atoms with van der Waals surface area (Å²) in [6.45, 7) is 2.82. The van der Waals surface area contributed by atoms with E-state index in [0.717, 1.165) is 25.9 Å². The maximum atomic E-state index is 12.4. The van der Waals surface area contributed by atoms with E-state index >= 15 is 0 Å². The standard InChI is InChI=1S/C24H19ClINO3/c1-2-29-22-13-16(11-19-18-8-3-4-9-21(18)27-24(19)28)12-20(26)23(22)30-14-15-6-5-7-17(25)10-15/h3-13H,2,14H2,1H3,(H,27,28)/b19-11-. The molecule has 4 nitrogen and oxygen atoms in total. The Morgan fingerprint density at radius 3 is 2.70 bits per heavy atom. The molecule has 3 aromatic rings. The number of benzene rings is 3. The van der Waals surface area contributed by atoms with Crippen molar-refractivity contribution in [3.63, 3.8) is 0 Å². The highest BCUT2D eigenvalue weighted by molar-refractivity contribution is 14.1. The molecule has 1 N–H and O–H groups in total. The van der Waals surface area contributed by atoms with Crippen LogP contribution in [0.5, 0.6) is 11.5 Å². The Balaban J connectivity index is 1.66. The van der Waals surface area contributed by atoms with Gasteiger partial charge in [-0.25, -0.2) is 0 Å². The fourth-order valence-corrected chi connectivity index (χ4v) is 4.30. The van der Waals surface area contributed by atoms with Crippen molar-refractivity contribution in [2.75, 3.05) is 11.9 Å². The molecule has 1 aliphatic rings. The van der Waals surface area contributed by atoms with E-state index in [2.05, 4.69) is 27.9 Å². The first-order chi connectivity index (χ1) is 14.5. The third-order valence-electron chi connectivity index (χ3n) is 4.62. The van der Waals surface area contributed by atoms with Gasteiger partial charge in [-0.1, -0.05) is 41.9 Å². The van der Waals surface area contributed by atoms with Gasteiger partial charge in [-0.05, 0) is 77.0 Å². The molecule has 4 rings (SSSR count). The van der Waals surface area contributed by atoms with Gasteiger partial charge in [-0.2, -0.15) is 0 Å². The minimum Gasteiger partial charge on any atom is -0.490 e. The Morgan fingerprint density at radius 1 is 1.07 bits per heavy atom. The van der Waals surface area contributed by atoms with E-state index < -0.39 is 0 Å². The van der Waals surface area contributed by atoms with Crippen molar-refractivity contribution in [3.8, 4) is 11.5 Å². The molecule has 0 saturated carbocycles. The maximum Gasteiger partial charge on any atom is 0.256 e. The van der Waals surface area contributed by atoms with Gasteiger partial charge in [-0.3, -0.25) is 4.79 Å². The Hall–Kier alpha value is -2.51. The highest BCUT2D eigenvalue weighted by Crippen LogP contribution is 2.38. The predicted octanol–water partition coefficient (Wildman–Crippen LogP) is 6.42. The van der Waals surface area contributed by atoms with Gasteiger partial charge in [0.05, 0.1) is 10.2 Å². The van der Waals surface area contributed by atoms with Crippen LogP contribution in [0, 0.1) is 3.57 Å². The minimum atomic E-state index is -0.106. The van der Waals surface area contributed by atoms with Crippen molar-refractivity contribution in [1.82, 2.24) is 0 Å². The number of hydrogen-bond acceptors (Lipinski definition) is 3. The normalized spacial score (nSPS) is 13.8. The molecule has 3 aromatic carbocycles. The maximum absolute atomic E-state index is 12.4. The summed E-state index contributed by atoms with van der Waals surface area (Å²) in [4.78, 5) is 12.4. The van der Waals surface area contributed by atoms with E-state index in [9.17, 15) is 4.79 Å². The highest BCUT2D eigenvalue weighted by atomic mass is 127. The first kappa shape index (κ1) is 20.8. The van der Waals surface area contributed by atoms with Gasteiger partial charge in [0.15, 0.2) is 11.5 Å². The molecular weight excluding hydrogens is 513 g/mol. The van der Waals surface area contributed by atoms with Crippen molar-refractivity contribution in [3.05, 3.63) is 85.9 Å². The number of para-hydroxylation sites is 1. The smallest absolute Gasteiger partial charge is 0.256 e. The molecule has 0 fully saturated rings. The first-order valence-corrected chi connectivity index (χ1v) is 11.0. The van der Waals surface area contributed by atoms with Crippen LogP contribution in [-0.4, -0.2) is 12.5 Å². The molecule has 152 valence electrons. The van der Waals surface area contributed by atoms with Crippen LogP contribution < -0.4 is 14.8 Å². The Bertz CT molecular complexity index is 1140. The molecule has 1 heterocycles. The zero-order chi connectivity index (χ0) is 21.1. The van der Waals surface area contributed by atoms with Crippen LogP contribution in [0.4, 0.5) is 5.69 Å². The van der Waals surface area contributed by atoms with E-state index in [1.807, 2.05) is 73.7 Å². The van der Waals surface area contributed by atoms with Gasteiger partial charge in [-0.15, -0.1) is 0 Å². The number of ether oxygens (including phenoxy) is 2. The molecule has 0 atom stereocenters. The summed E-state index contributed by atoms with van der Waals surface area (Å²) in [5, 5.41) is 3.57. The number of anilines is 1. The Morgan fingerprint density at radius 2 is 1.90 bits per heavy atom. The van der Waals surface area contributed by atoms with Gasteiger partial charge < -0.3 is 14.8 Å². The number of rotatable bonds is 6. The second-order valence-corrected chi connectivity index (χ2v) is 8.34. The average molecular weight is 532 g/mol. The summed E-state index contributed by atoms with van der Waals surface area (Å²) >= 11 is 8.30. The van der Waals surface area contributed by atoms with Gasteiger partial charge in [0.2, 0.25) is 0 Å². The molecular formula is C24H19ClINO3. The summed E-state index contributed by atoms with van der Waals surface area (Å²) in [5.74, 6) is 1.21. The number of carbonyl (C=O) groups excluding carboxylic acids is 1. The molecule has 0 unspecified atom stereocenters. The fraction of sp³-hybridized carbons (Fsp3) is 0.125. The third-order valence-corrected chi connectivity index (χ3v) is 5.66.